The van der Waals surface area contributed by atoms with Crippen LogP contribution in [0.3, 0.4) is 0 Å². The molecular weight excluding hydrogens is 487 g/mol. The molecule has 38 heavy (non-hydrogen) atoms. The van der Waals surface area contributed by atoms with Gasteiger partial charge in [-0.05, 0) is 55.4 Å². The van der Waals surface area contributed by atoms with Crippen LogP contribution in [-0.4, -0.2) is 72.2 Å². The summed E-state index contributed by atoms with van der Waals surface area (Å²) >= 11 is 0. The molecule has 9 nitrogen and oxygen atoms in total. The molecule has 0 fully saturated rings. The zero-order valence-electron chi connectivity index (χ0n) is 22.1. The number of imidazole rings is 1. The van der Waals surface area contributed by atoms with Gasteiger partial charge in [0.25, 0.3) is 5.91 Å². The summed E-state index contributed by atoms with van der Waals surface area (Å²) in [5.41, 5.74) is 4.21. The second kappa shape index (κ2) is 12.5. The number of ether oxygens (including phenoxy) is 2. The summed E-state index contributed by atoms with van der Waals surface area (Å²) in [7, 11) is 3.21. The Bertz CT molecular complexity index is 1410. The molecule has 4 aromatic rings. The fourth-order valence-corrected chi connectivity index (χ4v) is 4.10. The number of halogens is 1. The van der Waals surface area contributed by atoms with E-state index in [0.29, 0.717) is 42.4 Å². The van der Waals surface area contributed by atoms with Crippen molar-refractivity contribution in [3.63, 3.8) is 0 Å². The Balaban J connectivity index is 1.46. The number of carbonyl (C=O) groups excluding carboxylic acids is 1. The molecule has 2 N–H and O–H groups in total. The zero-order chi connectivity index (χ0) is 27.1. The fourth-order valence-electron chi connectivity index (χ4n) is 4.10. The van der Waals surface area contributed by atoms with E-state index >= 15 is 0 Å². The predicted octanol–water partition coefficient (Wildman–Crippen LogP) is 4.29. The minimum atomic E-state index is -0.445. The largest absolute Gasteiger partial charge is 0.494 e. The lowest BCUT2D eigenvalue weighted by molar-refractivity contribution is 0.0698. The van der Waals surface area contributed by atoms with Crippen LogP contribution in [0.4, 0.5) is 15.9 Å². The van der Waals surface area contributed by atoms with Crippen molar-refractivity contribution in [3.8, 4) is 17.0 Å². The van der Waals surface area contributed by atoms with Crippen LogP contribution in [0, 0.1) is 12.7 Å². The van der Waals surface area contributed by atoms with E-state index in [1.807, 2.05) is 30.4 Å². The van der Waals surface area contributed by atoms with E-state index in [0.717, 1.165) is 30.0 Å². The van der Waals surface area contributed by atoms with Crippen molar-refractivity contribution in [2.75, 3.05) is 52.3 Å². The number of fused-ring (bicyclic) bond motifs is 1. The summed E-state index contributed by atoms with van der Waals surface area (Å²) in [6, 6.07) is 10.3. The predicted molar refractivity (Wildman–Crippen MR) is 146 cm³/mol. The average molecular weight is 521 g/mol. The maximum absolute atomic E-state index is 14.3. The number of carbonyl (C=O) groups is 1. The molecule has 1 amide bonds. The van der Waals surface area contributed by atoms with Crippen LogP contribution in [0.1, 0.15) is 22.8 Å². The van der Waals surface area contributed by atoms with Crippen molar-refractivity contribution in [1.82, 2.24) is 24.6 Å². The number of aryl methyl sites for hydroxylation is 1. The molecule has 0 saturated heterocycles. The number of hydrogen-bond donors (Lipinski definition) is 2. The molecule has 2 aromatic carbocycles. The first-order chi connectivity index (χ1) is 18.4. The molecule has 200 valence electrons. The van der Waals surface area contributed by atoms with Gasteiger partial charge in [-0.3, -0.25) is 9.20 Å². The van der Waals surface area contributed by atoms with Crippen LogP contribution in [0.15, 0.2) is 55.0 Å². The normalized spacial score (nSPS) is 11.1. The molecule has 2 heterocycles. The number of likely N-dealkylation sites (N-methyl/N-ethyl adjacent to an activating group) is 2. The highest BCUT2D eigenvalue weighted by atomic mass is 19.1. The Labute approximate surface area is 221 Å². The molecule has 0 aliphatic carbocycles. The second-order valence-electron chi connectivity index (χ2n) is 8.81. The lowest BCUT2D eigenvalue weighted by atomic mass is 10.1. The van der Waals surface area contributed by atoms with E-state index in [4.69, 9.17) is 9.47 Å². The number of rotatable bonds is 12. The van der Waals surface area contributed by atoms with Gasteiger partial charge in [0.1, 0.15) is 0 Å². The first-order valence-electron chi connectivity index (χ1n) is 12.5. The Hall–Kier alpha value is -4.02. The van der Waals surface area contributed by atoms with Gasteiger partial charge in [0.05, 0.1) is 32.2 Å². The van der Waals surface area contributed by atoms with E-state index in [-0.39, 0.29) is 11.7 Å². The molecule has 0 aliphatic heterocycles. The molecule has 2 aromatic heterocycles. The number of hydrogen-bond acceptors (Lipinski definition) is 7. The van der Waals surface area contributed by atoms with E-state index in [1.54, 1.807) is 48.7 Å². The Kier molecular flexibility index (Phi) is 8.88. The molecule has 10 heteroatoms. The van der Waals surface area contributed by atoms with Gasteiger partial charge in [0.15, 0.2) is 23.0 Å². The highest BCUT2D eigenvalue weighted by Gasteiger charge is 2.16. The Morgan fingerprint density at radius 2 is 2.00 bits per heavy atom. The van der Waals surface area contributed by atoms with Gasteiger partial charge in [-0.1, -0.05) is 6.92 Å². The number of aromatic nitrogens is 3. The zero-order valence-corrected chi connectivity index (χ0v) is 22.1. The summed E-state index contributed by atoms with van der Waals surface area (Å²) in [5.74, 6) is 0.218. The van der Waals surface area contributed by atoms with Gasteiger partial charge < -0.3 is 25.0 Å². The molecule has 0 bridgehead atoms. The SMILES string of the molecule is CCNCCOCCN(C)C(=O)c1ccc(Nc2nccn3c(-c4ccc(OC)c(F)c4)cnc23)cc1C. The van der Waals surface area contributed by atoms with Gasteiger partial charge >= 0.3 is 0 Å². The van der Waals surface area contributed by atoms with Crippen molar-refractivity contribution in [1.29, 1.82) is 0 Å². The van der Waals surface area contributed by atoms with E-state index < -0.39 is 5.82 Å². The standard InChI is InChI=1S/C28H33FN6O3/c1-5-30-11-14-38-15-13-34(3)28(36)22-8-7-21(16-19(22)2)33-26-27-32-18-24(35(27)12-10-31-26)20-6-9-25(37-4)23(29)17-20/h6-10,12,16-18,30H,5,11,13-15H2,1-4H3,(H,31,33). The minimum absolute atomic E-state index is 0.0609. The van der Waals surface area contributed by atoms with Crippen molar-refractivity contribution in [3.05, 3.63) is 71.9 Å². The lowest BCUT2D eigenvalue weighted by Crippen LogP contribution is -2.31. The summed E-state index contributed by atoms with van der Waals surface area (Å²) in [6.45, 7) is 7.26. The average Bonchev–Trinajstić information content (AvgIpc) is 3.35. The topological polar surface area (TPSA) is 93.0 Å². The molecule has 0 radical (unpaired) electrons. The number of methoxy groups -OCH3 is 1. The van der Waals surface area contributed by atoms with Crippen LogP contribution in [-0.2, 0) is 4.74 Å². The van der Waals surface area contributed by atoms with Crippen LogP contribution in [0.25, 0.3) is 16.9 Å². The van der Waals surface area contributed by atoms with Crippen LogP contribution in [0.2, 0.25) is 0 Å². The minimum Gasteiger partial charge on any atom is -0.494 e. The molecule has 0 saturated carbocycles. The number of benzene rings is 2. The van der Waals surface area contributed by atoms with Gasteiger partial charge in [0, 0.05) is 49.3 Å². The lowest BCUT2D eigenvalue weighted by Gasteiger charge is -2.19. The molecule has 0 spiro atoms. The van der Waals surface area contributed by atoms with E-state index in [1.165, 1.54) is 13.2 Å². The second-order valence-corrected chi connectivity index (χ2v) is 8.81. The van der Waals surface area contributed by atoms with Crippen LogP contribution >= 0.6 is 0 Å². The highest BCUT2D eigenvalue weighted by Crippen LogP contribution is 2.28. The summed E-state index contributed by atoms with van der Waals surface area (Å²) in [6.07, 6.45) is 5.11. The first kappa shape index (κ1) is 27.0. The number of nitrogens with zero attached hydrogens (tertiary/aromatic N) is 4. The first-order valence-corrected chi connectivity index (χ1v) is 12.5. The van der Waals surface area contributed by atoms with Crippen molar-refractivity contribution in [2.45, 2.75) is 13.8 Å². The molecule has 4 rings (SSSR count). The van der Waals surface area contributed by atoms with E-state index in [2.05, 4.69) is 20.6 Å². The number of anilines is 2. The number of amides is 1. The Morgan fingerprint density at radius 1 is 1.16 bits per heavy atom. The molecule has 0 unspecified atom stereocenters. The van der Waals surface area contributed by atoms with Gasteiger partial charge in [-0.2, -0.15) is 0 Å². The van der Waals surface area contributed by atoms with Gasteiger partial charge in [-0.15, -0.1) is 0 Å². The van der Waals surface area contributed by atoms with Gasteiger partial charge in [0.2, 0.25) is 0 Å². The summed E-state index contributed by atoms with van der Waals surface area (Å²) < 4.78 is 26.7. The fraction of sp³-hybridized carbons (Fsp3) is 0.321. The van der Waals surface area contributed by atoms with E-state index in [9.17, 15) is 9.18 Å². The van der Waals surface area contributed by atoms with Crippen molar-refractivity contribution >= 4 is 23.1 Å². The van der Waals surface area contributed by atoms with Crippen molar-refractivity contribution < 1.29 is 18.7 Å². The molecular formula is C28H33FN6O3. The third kappa shape index (κ3) is 6.09. The molecule has 0 aliphatic rings. The smallest absolute Gasteiger partial charge is 0.253 e. The van der Waals surface area contributed by atoms with Gasteiger partial charge in [-0.25, -0.2) is 14.4 Å². The maximum atomic E-state index is 14.3. The van der Waals surface area contributed by atoms with Crippen LogP contribution < -0.4 is 15.4 Å². The quantitative estimate of drug-likeness (QED) is 0.269. The van der Waals surface area contributed by atoms with Crippen LogP contribution in [0.5, 0.6) is 5.75 Å². The monoisotopic (exact) mass is 520 g/mol. The molecule has 0 atom stereocenters. The highest BCUT2D eigenvalue weighted by molar-refractivity contribution is 5.96. The maximum Gasteiger partial charge on any atom is 0.253 e. The number of nitrogens with one attached hydrogen (secondary N) is 2. The summed E-state index contributed by atoms with van der Waals surface area (Å²) in [4.78, 5) is 23.6. The third-order valence-corrected chi connectivity index (χ3v) is 6.19. The third-order valence-electron chi connectivity index (χ3n) is 6.19. The Morgan fingerprint density at radius 3 is 2.74 bits per heavy atom. The summed E-state index contributed by atoms with van der Waals surface area (Å²) in [5, 5.41) is 6.50. The van der Waals surface area contributed by atoms with Crippen molar-refractivity contribution in [2.24, 2.45) is 0 Å².